The van der Waals surface area contributed by atoms with Gasteiger partial charge in [0, 0.05) is 12.5 Å². The first-order valence-electron chi connectivity index (χ1n) is 7.35. The fraction of sp³-hybridized carbons (Fsp3) is 0.562. The van der Waals surface area contributed by atoms with Gasteiger partial charge in [-0.2, -0.15) is 8.78 Å². The third kappa shape index (κ3) is 5.60. The van der Waals surface area contributed by atoms with Crippen molar-refractivity contribution in [1.82, 2.24) is 5.32 Å². The molecule has 0 aliphatic heterocycles. The minimum Gasteiger partial charge on any atom is -0.435 e. The molecule has 1 aromatic carbocycles. The maximum atomic E-state index is 12.0. The maximum absolute atomic E-state index is 12.0. The summed E-state index contributed by atoms with van der Waals surface area (Å²) >= 11 is 0. The molecule has 0 saturated heterocycles. The molecule has 1 aromatic rings. The monoisotopic (exact) mass is 315 g/mol. The Morgan fingerprint density at radius 3 is 2.36 bits per heavy atom. The van der Waals surface area contributed by atoms with Crippen molar-refractivity contribution in [2.24, 2.45) is 11.8 Å². The van der Waals surface area contributed by atoms with Crippen LogP contribution in [0.4, 0.5) is 8.78 Å². The van der Waals surface area contributed by atoms with Crippen molar-refractivity contribution < 1.29 is 23.4 Å². The lowest BCUT2D eigenvalue weighted by atomic mass is 9.93. The number of aliphatic hydroxyl groups is 1. The molecule has 0 aromatic heterocycles. The first-order chi connectivity index (χ1) is 10.3. The Morgan fingerprint density at radius 1 is 1.27 bits per heavy atom. The molecule has 1 amide bonds. The highest BCUT2D eigenvalue weighted by Crippen LogP contribution is 2.19. The number of amides is 1. The number of carbonyl (C=O) groups excluding carboxylic acids is 1. The van der Waals surface area contributed by atoms with Crippen molar-refractivity contribution in [1.29, 1.82) is 0 Å². The van der Waals surface area contributed by atoms with Gasteiger partial charge in [-0.25, -0.2) is 0 Å². The van der Waals surface area contributed by atoms with Crippen LogP contribution in [0.25, 0.3) is 0 Å². The van der Waals surface area contributed by atoms with Crippen LogP contribution in [-0.2, 0) is 4.79 Å². The van der Waals surface area contributed by atoms with E-state index in [1.54, 1.807) is 0 Å². The lowest BCUT2D eigenvalue weighted by Gasteiger charge is -2.19. The smallest absolute Gasteiger partial charge is 0.387 e. The summed E-state index contributed by atoms with van der Waals surface area (Å²) in [4.78, 5) is 11.9. The lowest BCUT2D eigenvalue weighted by molar-refractivity contribution is -0.126. The van der Waals surface area contributed by atoms with Gasteiger partial charge in [-0.1, -0.05) is 39.3 Å². The van der Waals surface area contributed by atoms with Crippen LogP contribution in [0.5, 0.6) is 5.75 Å². The normalized spacial score (nSPS) is 15.2. The molecule has 0 fully saturated rings. The van der Waals surface area contributed by atoms with Crippen LogP contribution in [0.15, 0.2) is 24.3 Å². The number of hydrogen-bond acceptors (Lipinski definition) is 3. The van der Waals surface area contributed by atoms with Crippen LogP contribution in [-0.4, -0.2) is 24.2 Å². The molecular weight excluding hydrogens is 292 g/mol. The van der Waals surface area contributed by atoms with Gasteiger partial charge in [0.2, 0.25) is 5.91 Å². The molecule has 6 heteroatoms. The van der Waals surface area contributed by atoms with Gasteiger partial charge in [0.25, 0.3) is 0 Å². The Bertz CT molecular complexity index is 465. The van der Waals surface area contributed by atoms with Crippen molar-refractivity contribution in [3.63, 3.8) is 0 Å². The summed E-state index contributed by atoms with van der Waals surface area (Å²) in [6.07, 6.45) is 0.0108. The Kier molecular flexibility index (Phi) is 7.24. The van der Waals surface area contributed by atoms with E-state index in [-0.39, 0.29) is 30.0 Å². The van der Waals surface area contributed by atoms with Gasteiger partial charge in [-0.05, 0) is 23.6 Å². The maximum Gasteiger partial charge on any atom is 0.387 e. The van der Waals surface area contributed by atoms with E-state index >= 15 is 0 Å². The number of aliphatic hydroxyl groups excluding tert-OH is 1. The van der Waals surface area contributed by atoms with Crippen LogP contribution >= 0.6 is 0 Å². The number of hydrogen-bond donors (Lipinski definition) is 2. The molecule has 1 rings (SSSR count). The standard InChI is InChI=1S/C16H23F2NO3/c1-4-10(2)11(3)15(21)19-9-14(20)12-5-7-13(8-6-12)22-16(17)18/h5-8,10-11,14,16,20H,4,9H2,1-3H3,(H,19,21). The summed E-state index contributed by atoms with van der Waals surface area (Å²) in [5.41, 5.74) is 0.526. The highest BCUT2D eigenvalue weighted by atomic mass is 19.3. The van der Waals surface area contributed by atoms with E-state index in [2.05, 4.69) is 10.1 Å². The van der Waals surface area contributed by atoms with E-state index < -0.39 is 12.7 Å². The van der Waals surface area contributed by atoms with E-state index in [1.807, 2.05) is 20.8 Å². The summed E-state index contributed by atoms with van der Waals surface area (Å²) in [5.74, 6) is 0.0633. The zero-order valence-corrected chi connectivity index (χ0v) is 13.1. The fourth-order valence-electron chi connectivity index (χ4n) is 1.96. The Balaban J connectivity index is 2.51. The molecule has 22 heavy (non-hydrogen) atoms. The predicted molar refractivity (Wildman–Crippen MR) is 79.7 cm³/mol. The molecule has 4 nitrogen and oxygen atoms in total. The number of rotatable bonds is 8. The summed E-state index contributed by atoms with van der Waals surface area (Å²) in [7, 11) is 0. The summed E-state index contributed by atoms with van der Waals surface area (Å²) in [6.45, 7) is 3.08. The minimum absolute atomic E-state index is 0.0281. The molecule has 0 aliphatic carbocycles. The van der Waals surface area contributed by atoms with Crippen LogP contribution in [0.1, 0.15) is 38.9 Å². The molecular formula is C16H23F2NO3. The van der Waals surface area contributed by atoms with E-state index in [1.165, 1.54) is 24.3 Å². The zero-order valence-electron chi connectivity index (χ0n) is 13.1. The van der Waals surface area contributed by atoms with Gasteiger partial charge < -0.3 is 15.2 Å². The van der Waals surface area contributed by atoms with E-state index in [4.69, 9.17) is 0 Å². The molecule has 124 valence electrons. The van der Waals surface area contributed by atoms with Gasteiger partial charge in [0.1, 0.15) is 5.75 Å². The molecule has 2 N–H and O–H groups in total. The molecule has 3 unspecified atom stereocenters. The Hall–Kier alpha value is -1.69. The van der Waals surface area contributed by atoms with Crippen LogP contribution in [0.3, 0.4) is 0 Å². The van der Waals surface area contributed by atoms with E-state index in [0.717, 1.165) is 6.42 Å². The molecule has 0 spiro atoms. The first-order valence-corrected chi connectivity index (χ1v) is 7.35. The summed E-state index contributed by atoms with van der Waals surface area (Å²) in [6, 6.07) is 5.70. The average molecular weight is 315 g/mol. The third-order valence-corrected chi connectivity index (χ3v) is 3.87. The average Bonchev–Trinajstić information content (AvgIpc) is 2.50. The van der Waals surface area contributed by atoms with Crippen LogP contribution in [0.2, 0.25) is 0 Å². The second-order valence-electron chi connectivity index (χ2n) is 5.38. The molecule has 0 heterocycles. The molecule has 0 radical (unpaired) electrons. The number of nitrogens with one attached hydrogen (secondary N) is 1. The van der Waals surface area contributed by atoms with Gasteiger partial charge in [0.15, 0.2) is 0 Å². The zero-order chi connectivity index (χ0) is 16.7. The van der Waals surface area contributed by atoms with E-state index in [9.17, 15) is 18.7 Å². The first kappa shape index (κ1) is 18.4. The van der Waals surface area contributed by atoms with Gasteiger partial charge in [0.05, 0.1) is 6.10 Å². The molecule has 0 bridgehead atoms. The number of ether oxygens (including phenoxy) is 1. The number of benzene rings is 1. The van der Waals surface area contributed by atoms with E-state index in [0.29, 0.717) is 5.56 Å². The second-order valence-corrected chi connectivity index (χ2v) is 5.38. The van der Waals surface area contributed by atoms with Crippen molar-refractivity contribution in [3.8, 4) is 5.75 Å². The minimum atomic E-state index is -2.88. The van der Waals surface area contributed by atoms with Gasteiger partial charge >= 0.3 is 6.61 Å². The predicted octanol–water partition coefficient (Wildman–Crippen LogP) is 3.12. The Labute approximate surface area is 129 Å². The fourth-order valence-corrected chi connectivity index (χ4v) is 1.96. The van der Waals surface area contributed by atoms with Gasteiger partial charge in [-0.15, -0.1) is 0 Å². The quantitative estimate of drug-likeness (QED) is 0.775. The highest BCUT2D eigenvalue weighted by molar-refractivity contribution is 5.78. The van der Waals surface area contributed by atoms with Crippen molar-refractivity contribution in [2.75, 3.05) is 6.54 Å². The molecule has 0 saturated carbocycles. The van der Waals surface area contributed by atoms with Crippen LogP contribution in [0, 0.1) is 11.8 Å². The summed E-state index contributed by atoms with van der Waals surface area (Å²) < 4.78 is 28.3. The Morgan fingerprint density at radius 2 is 1.86 bits per heavy atom. The number of alkyl halides is 2. The molecule has 0 aliphatic rings. The van der Waals surface area contributed by atoms with Gasteiger partial charge in [-0.3, -0.25) is 4.79 Å². The number of carbonyl (C=O) groups is 1. The SMILES string of the molecule is CCC(C)C(C)C(=O)NCC(O)c1ccc(OC(F)F)cc1. The summed E-state index contributed by atoms with van der Waals surface area (Å²) in [5, 5.41) is 12.7. The van der Waals surface area contributed by atoms with Crippen molar-refractivity contribution in [3.05, 3.63) is 29.8 Å². The second kappa shape index (κ2) is 8.68. The van der Waals surface area contributed by atoms with Crippen LogP contribution < -0.4 is 10.1 Å². The lowest BCUT2D eigenvalue weighted by Crippen LogP contribution is -2.35. The van der Waals surface area contributed by atoms with Crippen molar-refractivity contribution >= 4 is 5.91 Å². The molecule has 3 atom stereocenters. The van der Waals surface area contributed by atoms with Crippen molar-refractivity contribution in [2.45, 2.75) is 39.9 Å². The highest BCUT2D eigenvalue weighted by Gasteiger charge is 2.19. The topological polar surface area (TPSA) is 58.6 Å². The third-order valence-electron chi connectivity index (χ3n) is 3.87. The largest absolute Gasteiger partial charge is 0.435 e. The number of halogens is 2.